The number of methoxy groups -OCH3 is 1. The smallest absolute Gasteiger partial charge is 0.251 e. The lowest BCUT2D eigenvalue weighted by Gasteiger charge is -2.21. The van der Waals surface area contributed by atoms with Gasteiger partial charge in [-0.2, -0.15) is 0 Å². The van der Waals surface area contributed by atoms with Gasteiger partial charge in [0.2, 0.25) is 5.56 Å². The normalized spacial score (nSPS) is 16.9. The van der Waals surface area contributed by atoms with Crippen molar-refractivity contribution in [3.63, 3.8) is 0 Å². The number of carbonyl (C=O) groups is 1. The lowest BCUT2D eigenvalue weighted by molar-refractivity contribution is 0.0940. The summed E-state index contributed by atoms with van der Waals surface area (Å²) in [5, 5.41) is 3.61. The van der Waals surface area contributed by atoms with E-state index in [-0.39, 0.29) is 17.5 Å². The van der Waals surface area contributed by atoms with E-state index in [2.05, 4.69) is 15.2 Å². The van der Waals surface area contributed by atoms with E-state index in [1.807, 2.05) is 12.1 Å². The molecule has 6 nitrogen and oxygen atoms in total. The van der Waals surface area contributed by atoms with Crippen LogP contribution in [0.1, 0.15) is 16.8 Å². The highest BCUT2D eigenvalue weighted by molar-refractivity contribution is 6.30. The van der Waals surface area contributed by atoms with Gasteiger partial charge < -0.3 is 19.9 Å². The first kappa shape index (κ1) is 16.4. The molecule has 2 aromatic rings. The fourth-order valence-electron chi connectivity index (χ4n) is 2.86. The highest BCUT2D eigenvalue weighted by Crippen LogP contribution is 2.33. The molecule has 2 N–H and O–H groups in total. The Morgan fingerprint density at radius 3 is 2.96 bits per heavy atom. The second-order valence-electron chi connectivity index (χ2n) is 5.66. The Hall–Kier alpha value is -2.47. The number of aromatic amines is 1. The molecule has 1 saturated heterocycles. The molecule has 24 heavy (non-hydrogen) atoms. The van der Waals surface area contributed by atoms with E-state index in [0.29, 0.717) is 17.1 Å². The largest absolute Gasteiger partial charge is 0.495 e. The monoisotopic (exact) mass is 347 g/mol. The number of hydrogen-bond donors (Lipinski definition) is 2. The molecule has 7 heteroatoms. The lowest BCUT2D eigenvalue weighted by atomic mass is 10.2. The van der Waals surface area contributed by atoms with Gasteiger partial charge in [-0.05, 0) is 30.7 Å². The quantitative estimate of drug-likeness (QED) is 0.887. The molecule has 1 aromatic carbocycles. The number of nitrogens with zero attached hydrogens (tertiary/aromatic N) is 1. The maximum atomic E-state index is 12.2. The summed E-state index contributed by atoms with van der Waals surface area (Å²) in [6.45, 7) is 1.45. The number of ether oxygens (including phenoxy) is 1. The Bertz CT molecular complexity index is 806. The number of amides is 1. The van der Waals surface area contributed by atoms with Crippen molar-refractivity contribution in [1.29, 1.82) is 0 Å². The second kappa shape index (κ2) is 6.97. The average molecular weight is 348 g/mol. The van der Waals surface area contributed by atoms with Crippen molar-refractivity contribution < 1.29 is 9.53 Å². The van der Waals surface area contributed by atoms with Crippen molar-refractivity contribution in [3.8, 4) is 5.75 Å². The van der Waals surface area contributed by atoms with Crippen LogP contribution in [0.3, 0.4) is 0 Å². The zero-order valence-corrected chi connectivity index (χ0v) is 14.0. The van der Waals surface area contributed by atoms with E-state index in [9.17, 15) is 9.59 Å². The zero-order chi connectivity index (χ0) is 17.1. The lowest BCUT2D eigenvalue weighted by Crippen LogP contribution is -2.37. The molecule has 1 fully saturated rings. The van der Waals surface area contributed by atoms with Crippen LogP contribution in [0.5, 0.6) is 5.75 Å². The predicted molar refractivity (Wildman–Crippen MR) is 93.2 cm³/mol. The minimum atomic E-state index is -0.292. The summed E-state index contributed by atoms with van der Waals surface area (Å²) in [6.07, 6.45) is 2.28. The molecule has 0 bridgehead atoms. The number of pyridine rings is 1. The predicted octanol–water partition coefficient (Wildman–Crippen LogP) is 2.05. The van der Waals surface area contributed by atoms with Crippen LogP contribution in [-0.4, -0.2) is 37.1 Å². The van der Waals surface area contributed by atoms with Crippen LogP contribution in [-0.2, 0) is 0 Å². The fourth-order valence-corrected chi connectivity index (χ4v) is 3.03. The Morgan fingerprint density at radius 1 is 1.38 bits per heavy atom. The third-order valence-electron chi connectivity index (χ3n) is 4.04. The van der Waals surface area contributed by atoms with Gasteiger partial charge in [0.15, 0.2) is 0 Å². The molecule has 0 spiro atoms. The number of anilines is 1. The van der Waals surface area contributed by atoms with Crippen molar-refractivity contribution in [2.75, 3.05) is 25.1 Å². The number of benzene rings is 1. The highest BCUT2D eigenvalue weighted by Gasteiger charge is 2.26. The molecule has 2 heterocycles. The molecular weight excluding hydrogens is 330 g/mol. The molecule has 126 valence electrons. The number of halogens is 1. The van der Waals surface area contributed by atoms with Gasteiger partial charge in [0.05, 0.1) is 12.8 Å². The first-order chi connectivity index (χ1) is 11.6. The van der Waals surface area contributed by atoms with E-state index >= 15 is 0 Å². The molecular formula is C17H18ClN3O3. The van der Waals surface area contributed by atoms with Gasteiger partial charge in [-0.1, -0.05) is 11.6 Å². The summed E-state index contributed by atoms with van der Waals surface area (Å²) < 4.78 is 5.39. The van der Waals surface area contributed by atoms with Crippen LogP contribution < -0.4 is 20.5 Å². The molecule has 0 unspecified atom stereocenters. The van der Waals surface area contributed by atoms with E-state index in [1.165, 1.54) is 12.3 Å². The Morgan fingerprint density at radius 2 is 2.21 bits per heavy atom. The number of H-pyrrole nitrogens is 1. The average Bonchev–Trinajstić information content (AvgIpc) is 3.03. The molecule has 1 aromatic heterocycles. The Labute approximate surface area is 144 Å². The summed E-state index contributed by atoms with van der Waals surface area (Å²) in [7, 11) is 1.62. The molecule has 1 aliphatic rings. The minimum Gasteiger partial charge on any atom is -0.495 e. The molecule has 1 amide bonds. The van der Waals surface area contributed by atoms with Crippen LogP contribution in [0.25, 0.3) is 0 Å². The van der Waals surface area contributed by atoms with Crippen LogP contribution >= 0.6 is 11.6 Å². The third kappa shape index (κ3) is 3.54. The van der Waals surface area contributed by atoms with Crippen molar-refractivity contribution >= 4 is 23.2 Å². The zero-order valence-electron chi connectivity index (χ0n) is 13.2. The second-order valence-corrected chi connectivity index (χ2v) is 6.10. The first-order valence-corrected chi connectivity index (χ1v) is 8.02. The standard InChI is InChI=1S/C17H18ClN3O3/c1-24-15-3-2-12(18)9-14(15)21-7-5-13(10-21)20-17(23)11-4-6-19-16(22)8-11/h2-4,6,8-9,13H,5,7,10H2,1H3,(H,19,22)(H,20,23)/t13-/m0/s1. The number of carbonyl (C=O) groups excluding carboxylic acids is 1. The van der Waals surface area contributed by atoms with Gasteiger partial charge in [0, 0.05) is 42.0 Å². The van der Waals surface area contributed by atoms with E-state index in [1.54, 1.807) is 19.2 Å². The van der Waals surface area contributed by atoms with Gasteiger partial charge in [0.1, 0.15) is 5.75 Å². The van der Waals surface area contributed by atoms with Crippen molar-refractivity contribution in [2.24, 2.45) is 0 Å². The van der Waals surface area contributed by atoms with Gasteiger partial charge in [-0.3, -0.25) is 9.59 Å². The highest BCUT2D eigenvalue weighted by atomic mass is 35.5. The van der Waals surface area contributed by atoms with Crippen molar-refractivity contribution in [2.45, 2.75) is 12.5 Å². The molecule has 0 saturated carbocycles. The van der Waals surface area contributed by atoms with Crippen LogP contribution in [0, 0.1) is 0 Å². The maximum absolute atomic E-state index is 12.2. The molecule has 0 radical (unpaired) electrons. The minimum absolute atomic E-state index is 0.000440. The van der Waals surface area contributed by atoms with Gasteiger partial charge in [-0.25, -0.2) is 0 Å². The summed E-state index contributed by atoms with van der Waals surface area (Å²) in [5.74, 6) is 0.506. The van der Waals surface area contributed by atoms with Gasteiger partial charge in [0.25, 0.3) is 5.91 Å². The van der Waals surface area contributed by atoms with Crippen LogP contribution in [0.4, 0.5) is 5.69 Å². The summed E-state index contributed by atoms with van der Waals surface area (Å²) in [4.78, 5) is 28.2. The molecule has 1 aliphatic heterocycles. The summed E-state index contributed by atoms with van der Waals surface area (Å²) in [5.41, 5.74) is 0.981. The van der Waals surface area contributed by atoms with Gasteiger partial charge >= 0.3 is 0 Å². The fraction of sp³-hybridized carbons (Fsp3) is 0.294. The maximum Gasteiger partial charge on any atom is 0.251 e. The van der Waals surface area contributed by atoms with E-state index in [4.69, 9.17) is 16.3 Å². The Kier molecular flexibility index (Phi) is 4.76. The van der Waals surface area contributed by atoms with E-state index in [0.717, 1.165) is 24.4 Å². The Balaban J connectivity index is 1.69. The van der Waals surface area contributed by atoms with E-state index < -0.39 is 0 Å². The topological polar surface area (TPSA) is 74.4 Å². The third-order valence-corrected chi connectivity index (χ3v) is 4.28. The molecule has 3 rings (SSSR count). The number of aromatic nitrogens is 1. The number of rotatable bonds is 4. The first-order valence-electron chi connectivity index (χ1n) is 7.65. The molecule has 0 aliphatic carbocycles. The summed E-state index contributed by atoms with van der Waals surface area (Å²) in [6, 6.07) is 8.36. The van der Waals surface area contributed by atoms with Crippen molar-refractivity contribution in [1.82, 2.24) is 10.3 Å². The number of nitrogens with one attached hydrogen (secondary N) is 2. The molecule has 1 atom stereocenters. The van der Waals surface area contributed by atoms with Gasteiger partial charge in [-0.15, -0.1) is 0 Å². The van der Waals surface area contributed by atoms with Crippen molar-refractivity contribution in [3.05, 3.63) is 57.5 Å². The number of hydrogen-bond acceptors (Lipinski definition) is 4. The summed E-state index contributed by atoms with van der Waals surface area (Å²) >= 11 is 6.08. The SMILES string of the molecule is COc1ccc(Cl)cc1N1CC[C@H](NC(=O)c2cc[nH]c(=O)c2)C1. The van der Waals surface area contributed by atoms with Crippen LogP contribution in [0.2, 0.25) is 5.02 Å². The van der Waals surface area contributed by atoms with Crippen LogP contribution in [0.15, 0.2) is 41.3 Å².